The van der Waals surface area contributed by atoms with E-state index in [0.717, 1.165) is 41.1 Å². The fraction of sp³-hybridized carbons (Fsp3) is 0.292. The van der Waals surface area contributed by atoms with Crippen LogP contribution in [0.3, 0.4) is 0 Å². The largest absolute Gasteiger partial charge is 0.489 e. The summed E-state index contributed by atoms with van der Waals surface area (Å²) in [5.41, 5.74) is 4.22. The van der Waals surface area contributed by atoms with E-state index in [1.807, 2.05) is 55.5 Å². The number of nitriles is 1. The minimum absolute atomic E-state index is 0.184. The molecule has 0 aromatic heterocycles. The summed E-state index contributed by atoms with van der Waals surface area (Å²) in [5, 5.41) is 10.4. The summed E-state index contributed by atoms with van der Waals surface area (Å²) in [7, 11) is 0. The van der Waals surface area contributed by atoms with Crippen LogP contribution in [0.5, 0.6) is 5.75 Å². The van der Waals surface area contributed by atoms with Gasteiger partial charge in [0.1, 0.15) is 18.1 Å². The molecule has 1 fully saturated rings. The number of nitrogens with zero attached hydrogens (tertiary/aromatic N) is 2. The number of benzene rings is 2. The molecule has 0 spiro atoms. The molecule has 0 bridgehead atoms. The smallest absolute Gasteiger partial charge is 0.142 e. The first-order valence-corrected chi connectivity index (χ1v) is 10.1. The second-order valence-electron chi connectivity index (χ2n) is 7.47. The maximum absolute atomic E-state index is 12.7. The van der Waals surface area contributed by atoms with Gasteiger partial charge in [-0.15, -0.1) is 0 Å². The zero-order valence-electron chi connectivity index (χ0n) is 16.2. The summed E-state index contributed by atoms with van der Waals surface area (Å²) in [6, 6.07) is 17.5. The van der Waals surface area contributed by atoms with Crippen LogP contribution in [0.4, 0.5) is 0 Å². The van der Waals surface area contributed by atoms with E-state index in [1.165, 1.54) is 0 Å². The number of aliphatic imine (C=N–C) groups is 1. The Bertz CT molecular complexity index is 1030. The van der Waals surface area contributed by atoms with E-state index < -0.39 is 0 Å². The standard InChI is InChI=1S/C24H21ClN2O2/c1-15-20(13-26)23(24-21(27-15)3-2-4-22(24)28)17-7-11-19(12-8-17)29-14-16-5-9-18(25)10-6-16/h5-12,23-24H,2-4,14H2,1H3/t23-,24-/m1/s1. The van der Waals surface area contributed by atoms with E-state index in [4.69, 9.17) is 16.3 Å². The predicted octanol–water partition coefficient (Wildman–Crippen LogP) is 5.62. The third-order valence-corrected chi connectivity index (χ3v) is 5.84. The number of ketones is 1. The Hall–Kier alpha value is -2.90. The molecule has 4 rings (SSSR count). The summed E-state index contributed by atoms with van der Waals surface area (Å²) >= 11 is 5.91. The van der Waals surface area contributed by atoms with E-state index in [0.29, 0.717) is 23.6 Å². The fourth-order valence-corrected chi connectivity index (χ4v) is 4.27. The maximum Gasteiger partial charge on any atom is 0.142 e. The molecule has 1 saturated carbocycles. The summed E-state index contributed by atoms with van der Waals surface area (Å²) in [5.74, 6) is 0.347. The molecule has 0 amide bonds. The van der Waals surface area contributed by atoms with Crippen molar-refractivity contribution in [2.24, 2.45) is 10.9 Å². The van der Waals surface area contributed by atoms with Gasteiger partial charge in [0, 0.05) is 23.1 Å². The number of carbonyl (C=O) groups is 1. The molecule has 0 radical (unpaired) electrons. The van der Waals surface area contributed by atoms with Gasteiger partial charge in [0.05, 0.1) is 23.3 Å². The second-order valence-corrected chi connectivity index (χ2v) is 7.91. The second kappa shape index (κ2) is 8.23. The molecule has 0 saturated heterocycles. The third-order valence-electron chi connectivity index (χ3n) is 5.59. The highest BCUT2D eigenvalue weighted by Gasteiger charge is 2.41. The zero-order chi connectivity index (χ0) is 20.4. The maximum atomic E-state index is 12.7. The normalized spacial score (nSPS) is 21.3. The highest BCUT2D eigenvalue weighted by molar-refractivity contribution is 6.30. The predicted molar refractivity (Wildman–Crippen MR) is 113 cm³/mol. The molecule has 2 aliphatic rings. The van der Waals surface area contributed by atoms with Gasteiger partial charge in [0.25, 0.3) is 0 Å². The van der Waals surface area contributed by atoms with E-state index in [1.54, 1.807) is 0 Å². The molecular formula is C24H21ClN2O2. The van der Waals surface area contributed by atoms with E-state index >= 15 is 0 Å². The van der Waals surface area contributed by atoms with Crippen molar-refractivity contribution in [3.63, 3.8) is 0 Å². The van der Waals surface area contributed by atoms with Gasteiger partial charge in [-0.2, -0.15) is 5.26 Å². The van der Waals surface area contributed by atoms with Crippen molar-refractivity contribution >= 4 is 23.1 Å². The highest BCUT2D eigenvalue weighted by Crippen LogP contribution is 2.42. The number of rotatable bonds is 4. The lowest BCUT2D eigenvalue weighted by atomic mass is 9.70. The molecule has 1 aliphatic heterocycles. The van der Waals surface area contributed by atoms with Gasteiger partial charge in [-0.25, -0.2) is 0 Å². The van der Waals surface area contributed by atoms with Gasteiger partial charge >= 0.3 is 0 Å². The molecule has 1 aliphatic carbocycles. The van der Waals surface area contributed by atoms with Crippen molar-refractivity contribution in [3.05, 3.63) is 76.0 Å². The lowest BCUT2D eigenvalue weighted by Gasteiger charge is -2.34. The average molecular weight is 405 g/mol. The van der Waals surface area contributed by atoms with Crippen molar-refractivity contribution in [1.82, 2.24) is 0 Å². The first kappa shape index (κ1) is 19.4. The number of Topliss-reactive ketones (excluding diaryl/α,β-unsaturated/α-hetero) is 1. The van der Waals surface area contributed by atoms with Gasteiger partial charge < -0.3 is 4.74 Å². The fourth-order valence-electron chi connectivity index (χ4n) is 4.14. The number of halogens is 1. The van der Waals surface area contributed by atoms with Gasteiger partial charge in [0.2, 0.25) is 0 Å². The summed E-state index contributed by atoms with van der Waals surface area (Å²) < 4.78 is 5.87. The lowest BCUT2D eigenvalue weighted by molar-refractivity contribution is -0.121. The van der Waals surface area contributed by atoms with Crippen molar-refractivity contribution in [1.29, 1.82) is 5.26 Å². The van der Waals surface area contributed by atoms with E-state index in [2.05, 4.69) is 11.1 Å². The molecule has 1 heterocycles. The van der Waals surface area contributed by atoms with Crippen molar-refractivity contribution in [3.8, 4) is 11.8 Å². The molecule has 4 nitrogen and oxygen atoms in total. The molecule has 2 aromatic rings. The highest BCUT2D eigenvalue weighted by atomic mass is 35.5. The number of allylic oxidation sites excluding steroid dienone is 2. The van der Waals surface area contributed by atoms with E-state index in [9.17, 15) is 10.1 Å². The summed E-state index contributed by atoms with van der Waals surface area (Å²) in [6.45, 7) is 2.30. The molecule has 2 aromatic carbocycles. The number of hydrogen-bond donors (Lipinski definition) is 0. The molecule has 146 valence electrons. The van der Waals surface area contributed by atoms with Crippen LogP contribution in [0.15, 0.2) is 64.8 Å². The number of carbonyl (C=O) groups excluding carboxylic acids is 1. The SMILES string of the molecule is CC1=C(C#N)[C@@H](c2ccc(OCc3ccc(Cl)cc3)cc2)[C@H]2C(=O)CCCC2=N1. The Balaban J connectivity index is 1.57. The topological polar surface area (TPSA) is 62.4 Å². The van der Waals surface area contributed by atoms with Crippen molar-refractivity contribution < 1.29 is 9.53 Å². The quantitative estimate of drug-likeness (QED) is 0.663. The minimum atomic E-state index is -0.317. The average Bonchev–Trinajstić information content (AvgIpc) is 2.73. The van der Waals surface area contributed by atoms with Gasteiger partial charge in [-0.1, -0.05) is 35.9 Å². The molecular weight excluding hydrogens is 384 g/mol. The Morgan fingerprint density at radius 1 is 1.10 bits per heavy atom. The zero-order valence-corrected chi connectivity index (χ0v) is 16.9. The Labute approximate surface area is 175 Å². The van der Waals surface area contributed by atoms with Gasteiger partial charge in [-0.3, -0.25) is 9.79 Å². The van der Waals surface area contributed by atoms with Crippen LogP contribution in [0.2, 0.25) is 5.02 Å². The minimum Gasteiger partial charge on any atom is -0.489 e. The van der Waals surface area contributed by atoms with Crippen LogP contribution >= 0.6 is 11.6 Å². The third kappa shape index (κ3) is 3.97. The lowest BCUT2D eigenvalue weighted by Crippen LogP contribution is -2.37. The van der Waals surface area contributed by atoms with Crippen LogP contribution in [0.1, 0.15) is 43.2 Å². The van der Waals surface area contributed by atoms with Gasteiger partial charge in [0.15, 0.2) is 0 Å². The monoisotopic (exact) mass is 404 g/mol. The van der Waals surface area contributed by atoms with Crippen molar-refractivity contribution in [2.75, 3.05) is 0 Å². The number of fused-ring (bicyclic) bond motifs is 1. The Morgan fingerprint density at radius 2 is 1.83 bits per heavy atom. The molecule has 0 N–H and O–H groups in total. The number of hydrogen-bond acceptors (Lipinski definition) is 4. The Morgan fingerprint density at radius 3 is 2.52 bits per heavy atom. The van der Waals surface area contributed by atoms with Crippen LogP contribution in [-0.2, 0) is 11.4 Å². The molecule has 2 atom stereocenters. The van der Waals surface area contributed by atoms with Crippen LogP contribution in [0, 0.1) is 17.2 Å². The molecule has 5 heteroatoms. The Kier molecular flexibility index (Phi) is 5.51. The van der Waals surface area contributed by atoms with Crippen molar-refractivity contribution in [2.45, 2.75) is 38.7 Å². The first-order valence-electron chi connectivity index (χ1n) is 9.75. The summed E-state index contributed by atoms with van der Waals surface area (Å²) in [4.78, 5) is 17.3. The van der Waals surface area contributed by atoms with Crippen LogP contribution in [-0.4, -0.2) is 11.5 Å². The molecule has 0 unspecified atom stereocenters. The number of ether oxygens (including phenoxy) is 1. The van der Waals surface area contributed by atoms with Crippen LogP contribution in [0.25, 0.3) is 0 Å². The summed E-state index contributed by atoms with van der Waals surface area (Å²) in [6.07, 6.45) is 2.22. The first-order chi connectivity index (χ1) is 14.1. The molecule has 29 heavy (non-hydrogen) atoms. The van der Waals surface area contributed by atoms with Crippen LogP contribution < -0.4 is 4.74 Å². The van der Waals surface area contributed by atoms with Gasteiger partial charge in [-0.05, 0) is 55.2 Å². The van der Waals surface area contributed by atoms with E-state index in [-0.39, 0.29) is 17.6 Å².